The molecule has 2 aromatic rings. The molecule has 0 spiro atoms. The van der Waals surface area contributed by atoms with Crippen LogP contribution in [-0.2, 0) is 6.42 Å². The average molecular weight is 290 g/mol. The predicted molar refractivity (Wildman–Crippen MR) is 85.0 cm³/mol. The number of nitrogens with zero attached hydrogens (tertiary/aromatic N) is 3. The Morgan fingerprint density at radius 2 is 1.90 bits per heavy atom. The van der Waals surface area contributed by atoms with Crippen LogP contribution in [0.4, 0.5) is 11.5 Å². The molecule has 0 saturated carbocycles. The molecular weight excluding hydrogens is 270 g/mol. The topological polar surface area (TPSA) is 29.0 Å². The number of benzene rings is 1. The van der Waals surface area contributed by atoms with Crippen molar-refractivity contribution in [1.82, 2.24) is 9.97 Å². The number of rotatable bonds is 4. The molecular formula is C16H20ClN3. The maximum absolute atomic E-state index is 6.24. The normalized spacial score (nSPS) is 10.7. The molecule has 0 saturated heterocycles. The lowest BCUT2D eigenvalue weighted by molar-refractivity contribution is 0.891. The van der Waals surface area contributed by atoms with E-state index in [0.717, 1.165) is 35.9 Å². The molecule has 0 amide bonds. The summed E-state index contributed by atoms with van der Waals surface area (Å²) in [6.45, 7) is 9.04. The van der Waals surface area contributed by atoms with Gasteiger partial charge in [0.1, 0.15) is 16.8 Å². The fourth-order valence-corrected chi connectivity index (χ4v) is 2.37. The van der Waals surface area contributed by atoms with Crippen LogP contribution in [0, 0.1) is 13.8 Å². The Morgan fingerprint density at radius 3 is 2.50 bits per heavy atom. The van der Waals surface area contributed by atoms with Crippen LogP contribution in [0.3, 0.4) is 0 Å². The van der Waals surface area contributed by atoms with Crippen molar-refractivity contribution >= 4 is 23.1 Å². The average Bonchev–Trinajstić information content (AvgIpc) is 2.44. The van der Waals surface area contributed by atoms with Gasteiger partial charge >= 0.3 is 0 Å². The molecule has 0 aliphatic heterocycles. The SMILES string of the molecule is CCc1nc(Cl)c(C)c(N(CC)c2cccc(C)c2)n1. The zero-order valence-electron chi connectivity index (χ0n) is 12.4. The van der Waals surface area contributed by atoms with Crippen molar-refractivity contribution in [2.45, 2.75) is 34.1 Å². The number of aryl methyl sites for hydroxylation is 2. The second-order valence-corrected chi connectivity index (χ2v) is 5.17. The highest BCUT2D eigenvalue weighted by molar-refractivity contribution is 6.30. The van der Waals surface area contributed by atoms with E-state index in [-0.39, 0.29) is 0 Å². The highest BCUT2D eigenvalue weighted by atomic mass is 35.5. The molecule has 0 radical (unpaired) electrons. The molecule has 106 valence electrons. The molecule has 2 rings (SSSR count). The molecule has 1 aromatic heterocycles. The molecule has 0 aliphatic carbocycles. The minimum atomic E-state index is 0.540. The smallest absolute Gasteiger partial charge is 0.141 e. The molecule has 1 aromatic carbocycles. The minimum Gasteiger partial charge on any atom is -0.326 e. The summed E-state index contributed by atoms with van der Waals surface area (Å²) in [5.74, 6) is 1.68. The number of anilines is 2. The van der Waals surface area contributed by atoms with Crippen LogP contribution in [0.1, 0.15) is 30.8 Å². The van der Waals surface area contributed by atoms with Crippen LogP contribution in [0.5, 0.6) is 0 Å². The highest BCUT2D eigenvalue weighted by Gasteiger charge is 2.16. The summed E-state index contributed by atoms with van der Waals surface area (Å²) in [6.07, 6.45) is 0.776. The van der Waals surface area contributed by atoms with Crippen molar-refractivity contribution < 1.29 is 0 Å². The Labute approximate surface area is 125 Å². The van der Waals surface area contributed by atoms with Gasteiger partial charge in [0, 0.05) is 24.2 Å². The molecule has 0 aliphatic rings. The standard InChI is InChI=1S/C16H20ClN3/c1-5-14-18-15(17)12(4)16(19-14)20(6-2)13-9-7-8-11(3)10-13/h7-10H,5-6H2,1-4H3. The summed E-state index contributed by atoms with van der Waals surface area (Å²) in [7, 11) is 0. The largest absolute Gasteiger partial charge is 0.326 e. The van der Waals surface area contributed by atoms with E-state index < -0.39 is 0 Å². The molecule has 0 atom stereocenters. The van der Waals surface area contributed by atoms with Gasteiger partial charge in [0.25, 0.3) is 0 Å². The third-order valence-electron chi connectivity index (χ3n) is 3.31. The molecule has 3 nitrogen and oxygen atoms in total. The minimum absolute atomic E-state index is 0.540. The Morgan fingerprint density at radius 1 is 1.15 bits per heavy atom. The monoisotopic (exact) mass is 289 g/mol. The van der Waals surface area contributed by atoms with Crippen LogP contribution in [-0.4, -0.2) is 16.5 Å². The van der Waals surface area contributed by atoms with Crippen molar-refractivity contribution in [1.29, 1.82) is 0 Å². The summed E-state index contributed by atoms with van der Waals surface area (Å²) in [6, 6.07) is 8.41. The first-order chi connectivity index (χ1) is 9.56. The molecule has 1 heterocycles. The Hall–Kier alpha value is -1.61. The first-order valence-electron chi connectivity index (χ1n) is 6.94. The van der Waals surface area contributed by atoms with Crippen molar-refractivity contribution in [2.24, 2.45) is 0 Å². The van der Waals surface area contributed by atoms with Gasteiger partial charge in [-0.2, -0.15) is 0 Å². The quantitative estimate of drug-likeness (QED) is 0.778. The van der Waals surface area contributed by atoms with E-state index in [1.807, 2.05) is 13.8 Å². The van der Waals surface area contributed by atoms with Crippen LogP contribution in [0.15, 0.2) is 24.3 Å². The van der Waals surface area contributed by atoms with Gasteiger partial charge in [-0.25, -0.2) is 9.97 Å². The van der Waals surface area contributed by atoms with E-state index >= 15 is 0 Å². The second kappa shape index (κ2) is 6.23. The molecule has 0 unspecified atom stereocenters. The van der Waals surface area contributed by atoms with Gasteiger partial charge < -0.3 is 4.90 Å². The van der Waals surface area contributed by atoms with Gasteiger partial charge in [-0.15, -0.1) is 0 Å². The fraction of sp³-hybridized carbons (Fsp3) is 0.375. The molecule has 20 heavy (non-hydrogen) atoms. The van der Waals surface area contributed by atoms with Gasteiger partial charge in [0.15, 0.2) is 0 Å². The Balaban J connectivity index is 2.54. The zero-order chi connectivity index (χ0) is 14.7. The lowest BCUT2D eigenvalue weighted by Crippen LogP contribution is -2.20. The summed E-state index contributed by atoms with van der Waals surface area (Å²) in [5.41, 5.74) is 3.29. The maximum Gasteiger partial charge on any atom is 0.141 e. The lowest BCUT2D eigenvalue weighted by Gasteiger charge is -2.25. The first kappa shape index (κ1) is 14.8. The van der Waals surface area contributed by atoms with Gasteiger partial charge in [0.2, 0.25) is 0 Å². The lowest BCUT2D eigenvalue weighted by atomic mass is 10.2. The first-order valence-corrected chi connectivity index (χ1v) is 7.31. The van der Waals surface area contributed by atoms with Crippen LogP contribution in [0.25, 0.3) is 0 Å². The molecule has 0 N–H and O–H groups in total. The summed E-state index contributed by atoms with van der Waals surface area (Å²) in [4.78, 5) is 11.1. The number of halogens is 1. The van der Waals surface area contributed by atoms with Crippen molar-refractivity contribution in [2.75, 3.05) is 11.4 Å². The van der Waals surface area contributed by atoms with Crippen LogP contribution in [0.2, 0.25) is 5.15 Å². The van der Waals surface area contributed by atoms with Crippen LogP contribution < -0.4 is 4.90 Å². The summed E-state index contributed by atoms with van der Waals surface area (Å²) < 4.78 is 0. The molecule has 0 bridgehead atoms. The van der Waals surface area contributed by atoms with Gasteiger partial charge in [0.05, 0.1) is 0 Å². The summed E-state index contributed by atoms with van der Waals surface area (Å²) >= 11 is 6.24. The van der Waals surface area contributed by atoms with E-state index in [9.17, 15) is 0 Å². The van der Waals surface area contributed by atoms with Crippen molar-refractivity contribution in [3.63, 3.8) is 0 Å². The number of hydrogen-bond acceptors (Lipinski definition) is 3. The Kier molecular flexibility index (Phi) is 4.61. The maximum atomic E-state index is 6.24. The Bertz CT molecular complexity index is 611. The second-order valence-electron chi connectivity index (χ2n) is 4.82. The van der Waals surface area contributed by atoms with Crippen molar-refractivity contribution in [3.05, 3.63) is 46.4 Å². The zero-order valence-corrected chi connectivity index (χ0v) is 13.2. The third-order valence-corrected chi connectivity index (χ3v) is 3.68. The van der Waals surface area contributed by atoms with E-state index in [1.165, 1.54) is 5.56 Å². The van der Waals surface area contributed by atoms with Crippen molar-refractivity contribution in [3.8, 4) is 0 Å². The third kappa shape index (κ3) is 2.93. The number of aromatic nitrogens is 2. The van der Waals surface area contributed by atoms with Gasteiger partial charge in [-0.3, -0.25) is 0 Å². The van der Waals surface area contributed by atoms with E-state index in [0.29, 0.717) is 5.15 Å². The van der Waals surface area contributed by atoms with E-state index in [4.69, 9.17) is 11.6 Å². The van der Waals surface area contributed by atoms with E-state index in [1.54, 1.807) is 0 Å². The van der Waals surface area contributed by atoms with E-state index in [2.05, 4.69) is 53.0 Å². The highest BCUT2D eigenvalue weighted by Crippen LogP contribution is 2.30. The van der Waals surface area contributed by atoms with Gasteiger partial charge in [-0.05, 0) is 38.5 Å². The molecule has 0 fully saturated rings. The number of hydrogen-bond donors (Lipinski definition) is 0. The van der Waals surface area contributed by atoms with Crippen LogP contribution >= 0.6 is 11.6 Å². The fourth-order valence-electron chi connectivity index (χ4n) is 2.19. The summed E-state index contributed by atoms with van der Waals surface area (Å²) in [5, 5.41) is 0.540. The molecule has 4 heteroatoms. The predicted octanol–water partition coefficient (Wildman–Crippen LogP) is 4.47. The van der Waals surface area contributed by atoms with Gasteiger partial charge in [-0.1, -0.05) is 30.7 Å².